The number of nitrogens with one attached hydrogen (secondary N) is 1. The molecule has 7 heteroatoms. The van der Waals surface area contributed by atoms with Gasteiger partial charge in [0.1, 0.15) is 18.4 Å². The van der Waals surface area contributed by atoms with Crippen molar-refractivity contribution in [3.63, 3.8) is 0 Å². The summed E-state index contributed by atoms with van der Waals surface area (Å²) in [5, 5.41) is 9.05. The van der Waals surface area contributed by atoms with Crippen molar-refractivity contribution in [1.82, 2.24) is 14.8 Å². The van der Waals surface area contributed by atoms with Crippen LogP contribution in [-0.2, 0) is 17.2 Å². The Bertz CT molecular complexity index is 1540. The third-order valence-electron chi connectivity index (χ3n) is 7.22. The first-order chi connectivity index (χ1) is 18.8. The zero-order valence-electron chi connectivity index (χ0n) is 22.5. The number of ether oxygens (including phenoxy) is 1. The number of carbonyl (C=O) groups excluding carboxylic acids is 1. The number of Topliss-reactive ketones (excluding diaryl/α,β-unsaturated/α-hetero) is 1. The van der Waals surface area contributed by atoms with Gasteiger partial charge in [0, 0.05) is 23.4 Å². The standard InChI is InChI=1S/C32H32N4O2S/c1-21-12-14-22(15-13-21)19-38-25-11-7-10-24(16-25)29-28-26(17-32(2,3)18-27(28)37)33-30-34-31(35-36(29)30)39-20-23-8-5-4-6-9-23/h4-16,29H,17-20H2,1-3H3,(H,33,34,35). The lowest BCUT2D eigenvalue weighted by Crippen LogP contribution is -2.36. The van der Waals surface area contributed by atoms with Gasteiger partial charge in [-0.1, -0.05) is 97.9 Å². The Kier molecular flexibility index (Phi) is 6.77. The van der Waals surface area contributed by atoms with Crippen molar-refractivity contribution in [2.75, 3.05) is 5.32 Å². The lowest BCUT2D eigenvalue weighted by Gasteiger charge is -2.38. The molecule has 1 aliphatic heterocycles. The molecule has 39 heavy (non-hydrogen) atoms. The Morgan fingerprint density at radius 1 is 1.00 bits per heavy atom. The number of rotatable bonds is 7. The fourth-order valence-corrected chi connectivity index (χ4v) is 6.09. The molecule has 1 aromatic heterocycles. The van der Waals surface area contributed by atoms with E-state index in [4.69, 9.17) is 14.8 Å². The number of fused-ring (bicyclic) bond motifs is 1. The smallest absolute Gasteiger partial charge is 0.227 e. The second-order valence-electron chi connectivity index (χ2n) is 11.1. The van der Waals surface area contributed by atoms with Crippen LogP contribution in [-0.4, -0.2) is 20.5 Å². The van der Waals surface area contributed by atoms with Crippen LogP contribution >= 0.6 is 11.8 Å². The zero-order valence-corrected chi connectivity index (χ0v) is 23.3. The van der Waals surface area contributed by atoms with Gasteiger partial charge in [-0.3, -0.25) is 4.79 Å². The highest BCUT2D eigenvalue weighted by Crippen LogP contribution is 2.46. The number of anilines is 1. The lowest BCUT2D eigenvalue weighted by molar-refractivity contribution is -0.118. The van der Waals surface area contributed by atoms with Gasteiger partial charge in [0.25, 0.3) is 0 Å². The molecule has 198 valence electrons. The topological polar surface area (TPSA) is 69.0 Å². The Hall–Kier alpha value is -3.84. The SMILES string of the molecule is Cc1ccc(COc2cccc(C3C4=C(CC(C)(C)CC4=O)Nc4nc(SCc5ccccc5)nn43)c2)cc1. The summed E-state index contributed by atoms with van der Waals surface area (Å²) < 4.78 is 8.05. The van der Waals surface area contributed by atoms with Crippen LogP contribution in [0.2, 0.25) is 0 Å². The molecule has 1 unspecified atom stereocenters. The van der Waals surface area contributed by atoms with E-state index in [1.807, 2.05) is 41.1 Å². The van der Waals surface area contributed by atoms with Crippen LogP contribution in [0.1, 0.15) is 55.0 Å². The molecular weight excluding hydrogens is 504 g/mol. The molecule has 2 aliphatic rings. The number of aromatic nitrogens is 3. The minimum absolute atomic E-state index is 0.112. The number of ketones is 1. The van der Waals surface area contributed by atoms with Crippen LogP contribution in [0.5, 0.6) is 5.75 Å². The molecule has 0 radical (unpaired) electrons. The zero-order chi connectivity index (χ0) is 27.0. The quantitative estimate of drug-likeness (QED) is 0.254. The highest BCUT2D eigenvalue weighted by molar-refractivity contribution is 7.98. The first kappa shape index (κ1) is 25.4. The minimum Gasteiger partial charge on any atom is -0.489 e. The highest BCUT2D eigenvalue weighted by atomic mass is 32.2. The van der Waals surface area contributed by atoms with Gasteiger partial charge in [-0.25, -0.2) is 4.68 Å². The van der Waals surface area contributed by atoms with E-state index in [1.54, 1.807) is 11.8 Å². The largest absolute Gasteiger partial charge is 0.489 e. The molecule has 6 nitrogen and oxygen atoms in total. The number of benzene rings is 3. The van der Waals surface area contributed by atoms with Crippen LogP contribution in [0.25, 0.3) is 0 Å². The molecule has 1 atom stereocenters. The second-order valence-corrected chi connectivity index (χ2v) is 12.1. The summed E-state index contributed by atoms with van der Waals surface area (Å²) in [4.78, 5) is 18.4. The minimum atomic E-state index is -0.360. The average Bonchev–Trinajstić information content (AvgIpc) is 3.33. The maximum absolute atomic E-state index is 13.6. The summed E-state index contributed by atoms with van der Waals surface area (Å²) in [5.41, 5.74) is 6.13. The number of nitrogens with zero attached hydrogens (tertiary/aromatic N) is 3. The number of aryl methyl sites for hydroxylation is 1. The molecular formula is C32H32N4O2S. The normalized spacial score (nSPS) is 17.8. The number of carbonyl (C=O) groups is 1. The molecule has 0 saturated heterocycles. The average molecular weight is 537 g/mol. The van der Waals surface area contributed by atoms with Crippen LogP contribution in [0.4, 0.5) is 5.95 Å². The summed E-state index contributed by atoms with van der Waals surface area (Å²) >= 11 is 1.60. The maximum Gasteiger partial charge on any atom is 0.227 e. The van der Waals surface area contributed by atoms with Crippen molar-refractivity contribution in [3.05, 3.63) is 112 Å². The first-order valence-corrected chi connectivity index (χ1v) is 14.3. The summed E-state index contributed by atoms with van der Waals surface area (Å²) in [6.07, 6.45) is 1.29. The number of hydrogen-bond donors (Lipinski definition) is 1. The Labute approximate surface area is 233 Å². The van der Waals surface area contributed by atoms with Crippen molar-refractivity contribution in [2.24, 2.45) is 5.41 Å². The molecule has 4 aromatic rings. The second kappa shape index (κ2) is 10.4. The van der Waals surface area contributed by atoms with Gasteiger partial charge in [0.15, 0.2) is 5.78 Å². The van der Waals surface area contributed by atoms with Crippen LogP contribution in [0.3, 0.4) is 0 Å². The van der Waals surface area contributed by atoms with E-state index in [2.05, 4.69) is 68.6 Å². The van der Waals surface area contributed by atoms with E-state index >= 15 is 0 Å². The number of thioether (sulfide) groups is 1. The summed E-state index contributed by atoms with van der Waals surface area (Å²) in [6.45, 7) is 6.84. The molecule has 0 spiro atoms. The van der Waals surface area contributed by atoms with Gasteiger partial charge in [-0.2, -0.15) is 4.98 Å². The maximum atomic E-state index is 13.6. The van der Waals surface area contributed by atoms with Gasteiger partial charge in [0.2, 0.25) is 11.1 Å². The molecule has 2 heterocycles. The van der Waals surface area contributed by atoms with E-state index in [9.17, 15) is 4.79 Å². The summed E-state index contributed by atoms with van der Waals surface area (Å²) in [7, 11) is 0. The highest BCUT2D eigenvalue weighted by Gasteiger charge is 2.42. The van der Waals surface area contributed by atoms with Crippen LogP contribution < -0.4 is 10.1 Å². The lowest BCUT2D eigenvalue weighted by atomic mass is 9.73. The van der Waals surface area contributed by atoms with Gasteiger partial charge in [-0.15, -0.1) is 5.10 Å². The fourth-order valence-electron chi connectivity index (χ4n) is 5.31. The Morgan fingerprint density at radius 2 is 1.79 bits per heavy atom. The van der Waals surface area contributed by atoms with Crippen LogP contribution in [0, 0.1) is 12.3 Å². The molecule has 0 fully saturated rings. The van der Waals surface area contributed by atoms with E-state index < -0.39 is 0 Å². The molecule has 0 amide bonds. The van der Waals surface area contributed by atoms with Crippen molar-refractivity contribution < 1.29 is 9.53 Å². The molecule has 1 aliphatic carbocycles. The summed E-state index contributed by atoms with van der Waals surface area (Å²) in [6, 6.07) is 26.3. The number of allylic oxidation sites excluding steroid dienone is 2. The molecule has 1 N–H and O–H groups in total. The molecule has 6 rings (SSSR count). The van der Waals surface area contributed by atoms with Gasteiger partial charge in [-0.05, 0) is 47.6 Å². The monoisotopic (exact) mass is 536 g/mol. The fraction of sp³-hybridized carbons (Fsp3) is 0.281. The Balaban J connectivity index is 1.33. The molecule has 3 aromatic carbocycles. The predicted octanol–water partition coefficient (Wildman–Crippen LogP) is 7.12. The third kappa shape index (κ3) is 5.50. The van der Waals surface area contributed by atoms with E-state index in [0.717, 1.165) is 40.3 Å². The van der Waals surface area contributed by atoms with Crippen LogP contribution in [0.15, 0.2) is 95.3 Å². The molecule has 0 bridgehead atoms. The molecule has 0 saturated carbocycles. The van der Waals surface area contributed by atoms with Gasteiger partial charge in [0.05, 0.1) is 0 Å². The van der Waals surface area contributed by atoms with Crippen molar-refractivity contribution in [1.29, 1.82) is 0 Å². The van der Waals surface area contributed by atoms with Crippen molar-refractivity contribution in [2.45, 2.75) is 57.2 Å². The first-order valence-electron chi connectivity index (χ1n) is 13.3. The summed E-state index contributed by atoms with van der Waals surface area (Å²) in [5.74, 6) is 2.36. The van der Waals surface area contributed by atoms with E-state index in [-0.39, 0.29) is 17.2 Å². The number of hydrogen-bond acceptors (Lipinski definition) is 6. The van der Waals surface area contributed by atoms with Crippen molar-refractivity contribution in [3.8, 4) is 5.75 Å². The predicted molar refractivity (Wildman–Crippen MR) is 155 cm³/mol. The Morgan fingerprint density at radius 3 is 2.59 bits per heavy atom. The third-order valence-corrected chi connectivity index (χ3v) is 8.13. The van der Waals surface area contributed by atoms with Crippen molar-refractivity contribution >= 4 is 23.5 Å². The van der Waals surface area contributed by atoms with Gasteiger partial charge < -0.3 is 10.1 Å². The van der Waals surface area contributed by atoms with E-state index in [0.29, 0.717) is 24.1 Å². The van der Waals surface area contributed by atoms with Gasteiger partial charge >= 0.3 is 0 Å². The van der Waals surface area contributed by atoms with E-state index in [1.165, 1.54) is 11.1 Å².